The van der Waals surface area contributed by atoms with Crippen LogP contribution in [0.2, 0.25) is 0 Å². The van der Waals surface area contributed by atoms with E-state index in [1.165, 1.54) is 16.7 Å². The van der Waals surface area contributed by atoms with Crippen molar-refractivity contribution in [3.05, 3.63) is 34.9 Å². The van der Waals surface area contributed by atoms with Gasteiger partial charge >= 0.3 is 0 Å². The van der Waals surface area contributed by atoms with E-state index >= 15 is 0 Å². The van der Waals surface area contributed by atoms with Gasteiger partial charge in [0.1, 0.15) is 0 Å². The number of nitrogens with zero attached hydrogens (tertiary/aromatic N) is 1. The van der Waals surface area contributed by atoms with Gasteiger partial charge in [-0.1, -0.05) is 30.7 Å². The second-order valence-electron chi connectivity index (χ2n) is 5.68. The van der Waals surface area contributed by atoms with Gasteiger partial charge in [0.25, 0.3) is 0 Å². The summed E-state index contributed by atoms with van der Waals surface area (Å²) in [6.45, 7) is 5.24. The first-order chi connectivity index (χ1) is 8.70. The van der Waals surface area contributed by atoms with Gasteiger partial charge in [-0.15, -0.1) is 0 Å². The largest absolute Gasteiger partial charge is 0.335 e. The zero-order chi connectivity index (χ0) is 12.7. The summed E-state index contributed by atoms with van der Waals surface area (Å²) in [6.07, 6.45) is 4.25. The van der Waals surface area contributed by atoms with E-state index in [9.17, 15) is 4.79 Å². The Bertz CT molecular complexity index is 476. The molecule has 0 saturated heterocycles. The molecular formula is C16H21NO. The fourth-order valence-corrected chi connectivity index (χ4v) is 3.11. The number of hydrogen-bond acceptors (Lipinski definition) is 1. The minimum Gasteiger partial charge on any atom is -0.335 e. The third kappa shape index (κ3) is 1.94. The zero-order valence-electron chi connectivity index (χ0n) is 11.3. The van der Waals surface area contributed by atoms with Crippen LogP contribution in [0, 0.1) is 12.8 Å². The van der Waals surface area contributed by atoms with Crippen LogP contribution in [-0.2, 0) is 11.2 Å². The zero-order valence-corrected chi connectivity index (χ0v) is 11.3. The van der Waals surface area contributed by atoms with E-state index in [-0.39, 0.29) is 0 Å². The third-order valence-electron chi connectivity index (χ3n) is 4.25. The Morgan fingerprint density at radius 2 is 2.17 bits per heavy atom. The predicted molar refractivity (Wildman–Crippen MR) is 72.4 cm³/mol. The van der Waals surface area contributed by atoms with E-state index in [1.807, 2.05) is 0 Å². The molecular weight excluding hydrogens is 222 g/mol. The number of amides is 1. The molecule has 2 heteroatoms. The number of benzene rings is 1. The Balaban J connectivity index is 1.92. The fraction of sp³-hybridized carbons (Fsp3) is 0.562. The molecule has 0 bridgehead atoms. The van der Waals surface area contributed by atoms with Gasteiger partial charge in [-0.3, -0.25) is 4.79 Å². The van der Waals surface area contributed by atoms with Crippen LogP contribution in [0.3, 0.4) is 0 Å². The second-order valence-corrected chi connectivity index (χ2v) is 5.68. The Kier molecular flexibility index (Phi) is 2.89. The Labute approximate surface area is 109 Å². The third-order valence-corrected chi connectivity index (χ3v) is 4.25. The summed E-state index contributed by atoms with van der Waals surface area (Å²) in [5.74, 6) is 0.735. The summed E-state index contributed by atoms with van der Waals surface area (Å²) in [5.41, 5.74) is 4.15. The highest BCUT2D eigenvalue weighted by Gasteiger charge is 2.38. The standard InChI is InChI=1S/C16H21NO/c1-3-15-14-7-4-11(2)10-13(14)8-9-17(15)16(18)12-5-6-12/h4,7,10,12,15H,3,5-6,8-9H2,1-2H3. The van der Waals surface area contributed by atoms with Gasteiger partial charge in [-0.2, -0.15) is 0 Å². The van der Waals surface area contributed by atoms with Crippen molar-refractivity contribution >= 4 is 5.91 Å². The van der Waals surface area contributed by atoms with Crippen LogP contribution in [0.1, 0.15) is 48.9 Å². The molecule has 0 radical (unpaired) electrons. The first-order valence-corrected chi connectivity index (χ1v) is 7.10. The van der Waals surface area contributed by atoms with Crippen LogP contribution >= 0.6 is 0 Å². The number of aryl methyl sites for hydroxylation is 1. The van der Waals surface area contributed by atoms with E-state index in [0.717, 1.165) is 32.2 Å². The highest BCUT2D eigenvalue weighted by molar-refractivity contribution is 5.81. The van der Waals surface area contributed by atoms with Crippen LogP contribution < -0.4 is 0 Å². The molecule has 96 valence electrons. The van der Waals surface area contributed by atoms with Crippen molar-refractivity contribution in [3.8, 4) is 0 Å². The van der Waals surface area contributed by atoms with Crippen molar-refractivity contribution in [2.75, 3.05) is 6.54 Å². The molecule has 18 heavy (non-hydrogen) atoms. The summed E-state index contributed by atoms with van der Waals surface area (Å²) in [4.78, 5) is 14.5. The van der Waals surface area contributed by atoms with Gasteiger partial charge in [0.05, 0.1) is 6.04 Å². The van der Waals surface area contributed by atoms with E-state index in [4.69, 9.17) is 0 Å². The molecule has 0 spiro atoms. The number of carbonyl (C=O) groups is 1. The topological polar surface area (TPSA) is 20.3 Å². The molecule has 1 amide bonds. The first-order valence-electron chi connectivity index (χ1n) is 7.10. The molecule has 0 aromatic heterocycles. The summed E-state index contributed by atoms with van der Waals surface area (Å²) in [7, 11) is 0. The smallest absolute Gasteiger partial charge is 0.226 e. The van der Waals surface area contributed by atoms with Gasteiger partial charge in [0.2, 0.25) is 5.91 Å². The van der Waals surface area contributed by atoms with Crippen LogP contribution in [0.5, 0.6) is 0 Å². The average molecular weight is 243 g/mol. The molecule has 1 aliphatic carbocycles. The summed E-state index contributed by atoms with van der Waals surface area (Å²) in [6, 6.07) is 7.00. The summed E-state index contributed by atoms with van der Waals surface area (Å²) in [5, 5.41) is 0. The fourth-order valence-electron chi connectivity index (χ4n) is 3.11. The van der Waals surface area contributed by atoms with Crippen LogP contribution in [-0.4, -0.2) is 17.4 Å². The number of hydrogen-bond donors (Lipinski definition) is 0. The molecule has 1 unspecified atom stereocenters. The first kappa shape index (κ1) is 11.8. The van der Waals surface area contributed by atoms with Crippen LogP contribution in [0.15, 0.2) is 18.2 Å². The average Bonchev–Trinajstić information content (AvgIpc) is 3.20. The maximum absolute atomic E-state index is 12.3. The predicted octanol–water partition coefficient (Wildman–Crippen LogP) is 3.24. The molecule has 2 aliphatic rings. The molecule has 1 heterocycles. The van der Waals surface area contributed by atoms with Crippen molar-refractivity contribution in [3.63, 3.8) is 0 Å². The van der Waals surface area contributed by atoms with Crippen LogP contribution in [0.25, 0.3) is 0 Å². The van der Waals surface area contributed by atoms with Gasteiger partial charge in [-0.25, -0.2) is 0 Å². The highest BCUT2D eigenvalue weighted by Crippen LogP contribution is 2.38. The molecule has 2 nitrogen and oxygen atoms in total. The van der Waals surface area contributed by atoms with Crippen molar-refractivity contribution in [1.29, 1.82) is 0 Å². The lowest BCUT2D eigenvalue weighted by atomic mass is 9.89. The highest BCUT2D eigenvalue weighted by atomic mass is 16.2. The maximum atomic E-state index is 12.3. The Hall–Kier alpha value is -1.31. The summed E-state index contributed by atoms with van der Waals surface area (Å²) >= 11 is 0. The lowest BCUT2D eigenvalue weighted by Crippen LogP contribution is -2.40. The lowest BCUT2D eigenvalue weighted by molar-refractivity contribution is -0.135. The molecule has 1 fully saturated rings. The number of fused-ring (bicyclic) bond motifs is 1. The van der Waals surface area contributed by atoms with Gasteiger partial charge in [-0.05, 0) is 43.7 Å². The molecule has 1 aromatic rings. The number of rotatable bonds is 2. The SMILES string of the molecule is CCC1c2ccc(C)cc2CCN1C(=O)C1CC1. The monoisotopic (exact) mass is 243 g/mol. The van der Waals surface area contributed by atoms with Crippen molar-refractivity contribution < 1.29 is 4.79 Å². The Morgan fingerprint density at radius 3 is 2.83 bits per heavy atom. The van der Waals surface area contributed by atoms with Gasteiger partial charge in [0.15, 0.2) is 0 Å². The maximum Gasteiger partial charge on any atom is 0.226 e. The number of carbonyl (C=O) groups excluding carboxylic acids is 1. The molecule has 1 aliphatic heterocycles. The molecule has 1 atom stereocenters. The normalized spacial score (nSPS) is 22.8. The quantitative estimate of drug-likeness (QED) is 0.781. The molecule has 3 rings (SSSR count). The molecule has 0 N–H and O–H groups in total. The van der Waals surface area contributed by atoms with E-state index in [2.05, 4.69) is 36.9 Å². The lowest BCUT2D eigenvalue weighted by Gasteiger charge is -2.37. The van der Waals surface area contributed by atoms with Gasteiger partial charge < -0.3 is 4.90 Å². The van der Waals surface area contributed by atoms with Gasteiger partial charge in [0, 0.05) is 12.5 Å². The van der Waals surface area contributed by atoms with E-state index in [0.29, 0.717) is 17.9 Å². The van der Waals surface area contributed by atoms with Crippen LogP contribution in [0.4, 0.5) is 0 Å². The molecule has 1 saturated carbocycles. The second kappa shape index (κ2) is 4.42. The van der Waals surface area contributed by atoms with Crippen molar-refractivity contribution in [2.24, 2.45) is 5.92 Å². The van der Waals surface area contributed by atoms with Crippen molar-refractivity contribution in [2.45, 2.75) is 45.6 Å². The minimum atomic E-state index is 0.308. The molecule has 1 aromatic carbocycles. The van der Waals surface area contributed by atoms with Crippen molar-refractivity contribution in [1.82, 2.24) is 4.90 Å². The summed E-state index contributed by atoms with van der Waals surface area (Å²) < 4.78 is 0. The van der Waals surface area contributed by atoms with E-state index < -0.39 is 0 Å². The Morgan fingerprint density at radius 1 is 1.39 bits per heavy atom. The van der Waals surface area contributed by atoms with E-state index in [1.54, 1.807) is 0 Å². The minimum absolute atomic E-state index is 0.308.